The molecule has 0 heterocycles. The van der Waals surface area contributed by atoms with Crippen molar-refractivity contribution in [1.82, 2.24) is 0 Å². The fourth-order valence-corrected chi connectivity index (χ4v) is 4.14. The second-order valence-electron chi connectivity index (χ2n) is 12.1. The van der Waals surface area contributed by atoms with Crippen LogP contribution in [0.3, 0.4) is 0 Å². The van der Waals surface area contributed by atoms with Crippen molar-refractivity contribution in [2.75, 3.05) is 4.90 Å². The summed E-state index contributed by atoms with van der Waals surface area (Å²) in [6, 6.07) is 23.2. The van der Waals surface area contributed by atoms with E-state index in [2.05, 4.69) is 110 Å². The van der Waals surface area contributed by atoms with Gasteiger partial charge in [0.1, 0.15) is 6.29 Å². The Bertz CT molecular complexity index is 1070. The molecule has 174 valence electrons. The Morgan fingerprint density at radius 3 is 1.45 bits per heavy atom. The molecular formula is C31H39NO. The number of para-hydroxylation sites is 1. The lowest BCUT2D eigenvalue weighted by atomic mass is 9.73. The zero-order valence-corrected chi connectivity index (χ0v) is 21.8. The largest absolute Gasteiger partial charge is 0.310 e. The topological polar surface area (TPSA) is 20.3 Å². The lowest BCUT2D eigenvalue weighted by Crippen LogP contribution is -2.27. The normalized spacial score (nSPS) is 12.5. The third-order valence-corrected chi connectivity index (χ3v) is 6.12. The minimum atomic E-state index is -0.0631. The van der Waals surface area contributed by atoms with Crippen molar-refractivity contribution in [1.29, 1.82) is 0 Å². The van der Waals surface area contributed by atoms with E-state index >= 15 is 0 Å². The molecule has 3 aromatic carbocycles. The highest BCUT2D eigenvalue weighted by atomic mass is 16.1. The average molecular weight is 442 g/mol. The molecule has 0 atom stereocenters. The maximum Gasteiger partial charge on any atom is 0.150 e. The van der Waals surface area contributed by atoms with Gasteiger partial charge in [0.05, 0.1) is 5.69 Å². The van der Waals surface area contributed by atoms with Gasteiger partial charge >= 0.3 is 0 Å². The molecule has 3 rings (SSSR count). The van der Waals surface area contributed by atoms with E-state index in [1.54, 1.807) is 0 Å². The lowest BCUT2D eigenvalue weighted by Gasteiger charge is -2.38. The Hall–Kier alpha value is -2.87. The van der Waals surface area contributed by atoms with E-state index in [1.165, 1.54) is 22.4 Å². The van der Waals surface area contributed by atoms with E-state index in [4.69, 9.17) is 0 Å². The van der Waals surface area contributed by atoms with Gasteiger partial charge in [0.2, 0.25) is 0 Å². The zero-order valence-electron chi connectivity index (χ0n) is 21.8. The number of hydrogen-bond acceptors (Lipinski definition) is 2. The van der Waals surface area contributed by atoms with Crippen molar-refractivity contribution in [2.24, 2.45) is 0 Å². The van der Waals surface area contributed by atoms with Crippen molar-refractivity contribution in [3.8, 4) is 0 Å². The SMILES string of the molecule is CC(C)(C)c1cc(C(C)(C)C)c(N(c2ccccc2)c2ccc(C=O)cc2)c(C(C)(C)C)c1. The van der Waals surface area contributed by atoms with Crippen LogP contribution in [-0.2, 0) is 16.2 Å². The van der Waals surface area contributed by atoms with Crippen LogP contribution in [0.2, 0.25) is 0 Å². The molecule has 0 unspecified atom stereocenters. The van der Waals surface area contributed by atoms with Crippen LogP contribution < -0.4 is 4.90 Å². The first-order chi connectivity index (χ1) is 15.2. The van der Waals surface area contributed by atoms with Crippen molar-refractivity contribution >= 4 is 23.3 Å². The van der Waals surface area contributed by atoms with E-state index in [9.17, 15) is 4.79 Å². The summed E-state index contributed by atoms with van der Waals surface area (Å²) in [4.78, 5) is 13.7. The first-order valence-electron chi connectivity index (χ1n) is 11.8. The third kappa shape index (κ3) is 5.38. The van der Waals surface area contributed by atoms with Crippen LogP contribution in [0.5, 0.6) is 0 Å². The summed E-state index contributed by atoms with van der Waals surface area (Å²) in [5, 5.41) is 0. The maximum absolute atomic E-state index is 11.3. The fourth-order valence-electron chi connectivity index (χ4n) is 4.14. The molecule has 0 bridgehead atoms. The molecule has 0 aromatic heterocycles. The Labute approximate surface area is 200 Å². The van der Waals surface area contributed by atoms with Gasteiger partial charge in [0.15, 0.2) is 0 Å². The number of benzene rings is 3. The summed E-state index contributed by atoms with van der Waals surface area (Å²) < 4.78 is 0. The number of anilines is 3. The smallest absolute Gasteiger partial charge is 0.150 e. The highest BCUT2D eigenvalue weighted by Gasteiger charge is 2.32. The van der Waals surface area contributed by atoms with Crippen LogP contribution in [0.1, 0.15) is 89.4 Å². The summed E-state index contributed by atoms with van der Waals surface area (Å²) >= 11 is 0. The summed E-state index contributed by atoms with van der Waals surface area (Å²) in [5.74, 6) is 0. The molecule has 0 amide bonds. The van der Waals surface area contributed by atoms with Crippen molar-refractivity contribution in [2.45, 2.75) is 78.6 Å². The van der Waals surface area contributed by atoms with Crippen LogP contribution in [0, 0.1) is 0 Å². The fraction of sp³-hybridized carbons (Fsp3) is 0.387. The Morgan fingerprint density at radius 1 is 0.606 bits per heavy atom. The Morgan fingerprint density at radius 2 is 1.06 bits per heavy atom. The van der Waals surface area contributed by atoms with E-state index in [-0.39, 0.29) is 16.2 Å². The highest BCUT2D eigenvalue weighted by molar-refractivity contribution is 5.84. The molecule has 0 radical (unpaired) electrons. The number of nitrogens with zero attached hydrogens (tertiary/aromatic N) is 1. The van der Waals surface area contributed by atoms with Gasteiger partial charge in [-0.25, -0.2) is 0 Å². The predicted octanol–water partition coefficient (Wildman–Crippen LogP) is 8.86. The molecule has 0 saturated heterocycles. The number of carbonyl (C=O) groups excluding carboxylic acids is 1. The number of carbonyl (C=O) groups is 1. The molecule has 0 aliphatic heterocycles. The summed E-state index contributed by atoms with van der Waals surface area (Å²) in [6.07, 6.45) is 0.899. The second kappa shape index (κ2) is 8.82. The molecular weight excluding hydrogens is 402 g/mol. The molecule has 0 N–H and O–H groups in total. The van der Waals surface area contributed by atoms with Gasteiger partial charge in [-0.3, -0.25) is 4.79 Å². The lowest BCUT2D eigenvalue weighted by molar-refractivity contribution is 0.112. The second-order valence-corrected chi connectivity index (χ2v) is 12.1. The number of hydrogen-bond donors (Lipinski definition) is 0. The predicted molar refractivity (Wildman–Crippen MR) is 143 cm³/mol. The molecule has 3 aromatic rings. The summed E-state index contributed by atoms with van der Waals surface area (Å²) in [7, 11) is 0. The summed E-state index contributed by atoms with van der Waals surface area (Å²) in [6.45, 7) is 20.6. The van der Waals surface area contributed by atoms with E-state index in [1.807, 2.05) is 24.3 Å². The highest BCUT2D eigenvalue weighted by Crippen LogP contribution is 2.48. The molecule has 0 aliphatic carbocycles. The monoisotopic (exact) mass is 441 g/mol. The van der Waals surface area contributed by atoms with Crippen molar-refractivity contribution < 1.29 is 4.79 Å². The van der Waals surface area contributed by atoms with Gasteiger partial charge in [0.25, 0.3) is 0 Å². The van der Waals surface area contributed by atoms with E-state index < -0.39 is 0 Å². The quantitative estimate of drug-likeness (QED) is 0.377. The van der Waals surface area contributed by atoms with Gasteiger partial charge in [-0.05, 0) is 69.3 Å². The van der Waals surface area contributed by atoms with Crippen molar-refractivity contribution in [3.05, 3.63) is 89.0 Å². The molecule has 0 fully saturated rings. The van der Waals surface area contributed by atoms with Gasteiger partial charge in [-0.15, -0.1) is 0 Å². The summed E-state index contributed by atoms with van der Waals surface area (Å²) in [5.41, 5.74) is 7.98. The van der Waals surface area contributed by atoms with Crippen LogP contribution >= 0.6 is 0 Å². The Kier molecular flexibility index (Phi) is 6.62. The number of aldehydes is 1. The average Bonchev–Trinajstić information content (AvgIpc) is 2.73. The van der Waals surface area contributed by atoms with Crippen LogP contribution in [0.4, 0.5) is 17.1 Å². The van der Waals surface area contributed by atoms with E-state index in [0.29, 0.717) is 5.56 Å². The minimum Gasteiger partial charge on any atom is -0.310 e. The van der Waals surface area contributed by atoms with Gasteiger partial charge < -0.3 is 4.90 Å². The van der Waals surface area contributed by atoms with Crippen LogP contribution in [0.15, 0.2) is 66.7 Å². The molecule has 2 nitrogen and oxygen atoms in total. The van der Waals surface area contributed by atoms with E-state index in [0.717, 1.165) is 17.7 Å². The third-order valence-electron chi connectivity index (χ3n) is 6.12. The molecule has 0 spiro atoms. The maximum atomic E-state index is 11.3. The first-order valence-corrected chi connectivity index (χ1v) is 11.8. The van der Waals surface area contributed by atoms with Crippen LogP contribution in [0.25, 0.3) is 0 Å². The van der Waals surface area contributed by atoms with Crippen molar-refractivity contribution in [3.63, 3.8) is 0 Å². The minimum absolute atomic E-state index is 0.0434. The molecule has 0 saturated carbocycles. The van der Waals surface area contributed by atoms with Crippen LogP contribution in [-0.4, -0.2) is 6.29 Å². The molecule has 33 heavy (non-hydrogen) atoms. The first kappa shape index (κ1) is 24.8. The molecule has 0 aliphatic rings. The standard InChI is InChI=1S/C31H39NO/c1-29(2,3)23-19-26(30(4,5)6)28(27(20-23)31(7,8)9)32(24-13-11-10-12-14-24)25-17-15-22(21-33)16-18-25/h10-21H,1-9H3. The molecule has 2 heteroatoms. The zero-order chi connectivity index (χ0) is 24.6. The van der Waals surface area contributed by atoms with Gasteiger partial charge in [0, 0.05) is 16.9 Å². The number of rotatable bonds is 4. The van der Waals surface area contributed by atoms with Gasteiger partial charge in [-0.1, -0.05) is 92.6 Å². The van der Waals surface area contributed by atoms with Gasteiger partial charge in [-0.2, -0.15) is 0 Å². The Balaban J connectivity index is 2.47.